The normalized spacial score (nSPS) is 15.2. The number of piperazine rings is 1. The molecule has 3 aromatic carbocycles. The van der Waals surface area contributed by atoms with Crippen LogP contribution in [0.5, 0.6) is 0 Å². The van der Waals surface area contributed by atoms with Gasteiger partial charge in [0.25, 0.3) is 5.91 Å². The molecular weight excluding hydrogens is 398 g/mol. The first-order valence-electron chi connectivity index (χ1n) is 11.1. The lowest BCUT2D eigenvalue weighted by molar-refractivity contribution is -0.109. The van der Waals surface area contributed by atoms with Gasteiger partial charge in [-0.05, 0) is 35.7 Å². The smallest absolute Gasteiger partial charge is 0.252 e. The largest absolute Gasteiger partial charge is 0.369 e. The number of aldehydes is 1. The number of nitrogens with zero attached hydrogens (tertiary/aromatic N) is 2. The topological polar surface area (TPSA) is 52.7 Å². The molecule has 0 saturated carbocycles. The predicted molar refractivity (Wildman–Crippen MR) is 128 cm³/mol. The predicted octanol–water partition coefficient (Wildman–Crippen LogP) is 3.55. The zero-order valence-electron chi connectivity index (χ0n) is 18.2. The Balaban J connectivity index is 1.37. The highest BCUT2D eigenvalue weighted by molar-refractivity contribution is 5.97. The molecule has 164 valence electrons. The molecule has 1 amide bonds. The molecule has 0 radical (unpaired) electrons. The fourth-order valence-electron chi connectivity index (χ4n) is 4.17. The van der Waals surface area contributed by atoms with Gasteiger partial charge in [-0.1, -0.05) is 66.7 Å². The van der Waals surface area contributed by atoms with Crippen molar-refractivity contribution in [2.24, 2.45) is 0 Å². The van der Waals surface area contributed by atoms with E-state index in [1.54, 1.807) is 0 Å². The van der Waals surface area contributed by atoms with Crippen molar-refractivity contribution >= 4 is 17.9 Å². The number of rotatable bonds is 8. The molecule has 0 aromatic heterocycles. The Bertz CT molecular complexity index is 1020. The van der Waals surface area contributed by atoms with Crippen LogP contribution in [0, 0.1) is 0 Å². The molecule has 0 bridgehead atoms. The lowest BCUT2D eigenvalue weighted by Gasteiger charge is -2.36. The average molecular weight is 428 g/mol. The van der Waals surface area contributed by atoms with Crippen molar-refractivity contribution in [2.75, 3.05) is 31.1 Å². The van der Waals surface area contributed by atoms with Crippen molar-refractivity contribution in [2.45, 2.75) is 19.0 Å². The third-order valence-electron chi connectivity index (χ3n) is 5.93. The summed E-state index contributed by atoms with van der Waals surface area (Å²) in [5.74, 6) is -0.198. The highest BCUT2D eigenvalue weighted by Crippen LogP contribution is 2.18. The molecule has 1 fully saturated rings. The number of carbonyl (C=O) groups excluding carboxylic acids is 2. The minimum atomic E-state index is -0.549. The first-order chi connectivity index (χ1) is 15.7. The minimum absolute atomic E-state index is 0.198. The maximum Gasteiger partial charge on any atom is 0.252 e. The van der Waals surface area contributed by atoms with Crippen LogP contribution < -0.4 is 10.2 Å². The van der Waals surface area contributed by atoms with Gasteiger partial charge in [0, 0.05) is 44.0 Å². The minimum Gasteiger partial charge on any atom is -0.369 e. The molecule has 1 unspecified atom stereocenters. The van der Waals surface area contributed by atoms with E-state index in [0.29, 0.717) is 12.0 Å². The molecule has 1 heterocycles. The Morgan fingerprint density at radius 2 is 1.47 bits per heavy atom. The Morgan fingerprint density at radius 1 is 0.844 bits per heavy atom. The van der Waals surface area contributed by atoms with Crippen molar-refractivity contribution in [3.63, 3.8) is 0 Å². The van der Waals surface area contributed by atoms with E-state index in [2.05, 4.69) is 39.4 Å². The number of amides is 1. The first-order valence-corrected chi connectivity index (χ1v) is 11.1. The van der Waals surface area contributed by atoms with Crippen LogP contribution >= 0.6 is 0 Å². The van der Waals surface area contributed by atoms with Gasteiger partial charge in [-0.2, -0.15) is 0 Å². The molecule has 0 aliphatic carbocycles. The number of para-hydroxylation sites is 1. The summed E-state index contributed by atoms with van der Waals surface area (Å²) >= 11 is 0. The first kappa shape index (κ1) is 21.8. The second kappa shape index (κ2) is 10.7. The summed E-state index contributed by atoms with van der Waals surface area (Å²) in [5.41, 5.74) is 3.90. The van der Waals surface area contributed by atoms with Crippen LogP contribution in [-0.4, -0.2) is 49.3 Å². The lowest BCUT2D eigenvalue weighted by atomic mass is 10.0. The molecule has 1 saturated heterocycles. The van der Waals surface area contributed by atoms with Gasteiger partial charge < -0.3 is 15.0 Å². The van der Waals surface area contributed by atoms with Crippen LogP contribution in [0.3, 0.4) is 0 Å². The summed E-state index contributed by atoms with van der Waals surface area (Å²) in [4.78, 5) is 29.4. The van der Waals surface area contributed by atoms with E-state index in [0.717, 1.165) is 50.1 Å². The second-order valence-electron chi connectivity index (χ2n) is 8.16. The molecule has 5 nitrogen and oxygen atoms in total. The monoisotopic (exact) mass is 427 g/mol. The number of hydrogen-bond acceptors (Lipinski definition) is 4. The third kappa shape index (κ3) is 5.62. The number of hydrogen-bond donors (Lipinski definition) is 1. The van der Waals surface area contributed by atoms with Crippen molar-refractivity contribution in [3.8, 4) is 0 Å². The molecule has 5 heteroatoms. The van der Waals surface area contributed by atoms with Gasteiger partial charge in [-0.25, -0.2) is 0 Å². The molecule has 32 heavy (non-hydrogen) atoms. The summed E-state index contributed by atoms with van der Waals surface area (Å²) in [6.07, 6.45) is 1.30. The molecule has 1 atom stereocenters. The van der Waals surface area contributed by atoms with Crippen molar-refractivity contribution < 1.29 is 9.59 Å². The number of benzene rings is 3. The van der Waals surface area contributed by atoms with Crippen molar-refractivity contribution in [1.82, 2.24) is 10.2 Å². The fourth-order valence-corrected chi connectivity index (χ4v) is 4.17. The van der Waals surface area contributed by atoms with Crippen LogP contribution in [0.25, 0.3) is 0 Å². The van der Waals surface area contributed by atoms with Gasteiger partial charge in [-0.3, -0.25) is 9.69 Å². The van der Waals surface area contributed by atoms with E-state index >= 15 is 0 Å². The van der Waals surface area contributed by atoms with Gasteiger partial charge in [0.1, 0.15) is 6.29 Å². The number of anilines is 1. The summed E-state index contributed by atoms with van der Waals surface area (Å²) in [6.45, 7) is 4.52. The Morgan fingerprint density at radius 3 is 2.16 bits per heavy atom. The SMILES string of the molecule is O=CC(Cc1ccccc1)NC(=O)c1ccccc1CN1CCN(c2ccccc2)CC1. The maximum absolute atomic E-state index is 13.0. The van der Waals surface area contributed by atoms with Crippen molar-refractivity contribution in [3.05, 3.63) is 102 Å². The van der Waals surface area contributed by atoms with E-state index in [1.165, 1.54) is 5.69 Å². The van der Waals surface area contributed by atoms with Gasteiger partial charge in [0.05, 0.1) is 6.04 Å². The van der Waals surface area contributed by atoms with Gasteiger partial charge in [-0.15, -0.1) is 0 Å². The van der Waals surface area contributed by atoms with Crippen LogP contribution in [0.1, 0.15) is 21.5 Å². The average Bonchev–Trinajstić information content (AvgIpc) is 2.85. The van der Waals surface area contributed by atoms with E-state index < -0.39 is 6.04 Å². The molecule has 0 spiro atoms. The number of carbonyl (C=O) groups is 2. The summed E-state index contributed by atoms with van der Waals surface area (Å²) in [5, 5.41) is 2.90. The van der Waals surface area contributed by atoms with Crippen LogP contribution in [0.4, 0.5) is 5.69 Å². The van der Waals surface area contributed by atoms with Crippen LogP contribution in [0.15, 0.2) is 84.9 Å². The molecule has 1 aliphatic heterocycles. The molecule has 3 aromatic rings. The van der Waals surface area contributed by atoms with Gasteiger partial charge >= 0.3 is 0 Å². The van der Waals surface area contributed by atoms with E-state index in [4.69, 9.17) is 0 Å². The molecule has 4 rings (SSSR count). The highest BCUT2D eigenvalue weighted by Gasteiger charge is 2.21. The summed E-state index contributed by atoms with van der Waals surface area (Å²) < 4.78 is 0. The molecule has 1 N–H and O–H groups in total. The van der Waals surface area contributed by atoms with Crippen LogP contribution in [0.2, 0.25) is 0 Å². The summed E-state index contributed by atoms with van der Waals surface area (Å²) in [6, 6.07) is 27.4. The Hall–Kier alpha value is -3.44. The standard InChI is InChI=1S/C27H29N3O2/c31-21-24(19-22-9-3-1-4-10-22)28-27(32)26-14-8-7-11-23(26)20-29-15-17-30(18-16-29)25-12-5-2-6-13-25/h1-14,21,24H,15-20H2,(H,28,32). The zero-order valence-corrected chi connectivity index (χ0v) is 18.2. The van der Waals surface area contributed by atoms with E-state index in [-0.39, 0.29) is 5.91 Å². The van der Waals surface area contributed by atoms with Crippen LogP contribution in [-0.2, 0) is 17.8 Å². The Labute approximate surface area is 189 Å². The van der Waals surface area contributed by atoms with E-state index in [1.807, 2.05) is 60.7 Å². The second-order valence-corrected chi connectivity index (χ2v) is 8.16. The zero-order chi connectivity index (χ0) is 22.2. The van der Waals surface area contributed by atoms with Gasteiger partial charge in [0.2, 0.25) is 0 Å². The quantitative estimate of drug-likeness (QED) is 0.559. The van der Waals surface area contributed by atoms with Gasteiger partial charge in [0.15, 0.2) is 0 Å². The maximum atomic E-state index is 13.0. The third-order valence-corrected chi connectivity index (χ3v) is 5.93. The van der Waals surface area contributed by atoms with E-state index in [9.17, 15) is 9.59 Å². The molecular formula is C27H29N3O2. The fraction of sp³-hybridized carbons (Fsp3) is 0.259. The van der Waals surface area contributed by atoms with Crippen molar-refractivity contribution in [1.29, 1.82) is 0 Å². The Kier molecular flexibility index (Phi) is 7.31. The number of nitrogens with one attached hydrogen (secondary N) is 1. The lowest BCUT2D eigenvalue weighted by Crippen LogP contribution is -2.46. The molecule has 1 aliphatic rings. The summed E-state index contributed by atoms with van der Waals surface area (Å²) in [7, 11) is 0. The highest BCUT2D eigenvalue weighted by atomic mass is 16.2.